The average Bonchev–Trinajstić information content (AvgIpc) is 2.71. The molecule has 2 aromatic carbocycles. The number of aryl methyl sites for hydroxylation is 1. The summed E-state index contributed by atoms with van der Waals surface area (Å²) in [5.74, 6) is 0. The van der Waals surface area contributed by atoms with Crippen molar-refractivity contribution in [1.29, 1.82) is 0 Å². The molecule has 3 heteroatoms. The van der Waals surface area contributed by atoms with Crippen molar-refractivity contribution in [2.45, 2.75) is 20.0 Å². The molecule has 18 heavy (non-hydrogen) atoms. The minimum atomic E-state index is 0. The first-order chi connectivity index (χ1) is 8.35. The minimum absolute atomic E-state index is 0. The van der Waals surface area contributed by atoms with Gasteiger partial charge < -0.3 is 10.3 Å². The Hall–Kier alpha value is -1.51. The van der Waals surface area contributed by atoms with E-state index in [0.29, 0.717) is 6.54 Å². The molecular weight excluding hydrogens is 244 g/mol. The molecule has 3 rings (SSSR count). The van der Waals surface area contributed by atoms with Crippen LogP contribution in [0.4, 0.5) is 0 Å². The Morgan fingerprint density at radius 2 is 1.72 bits per heavy atom. The van der Waals surface area contributed by atoms with Crippen molar-refractivity contribution in [3.05, 3.63) is 48.0 Å². The lowest BCUT2D eigenvalue weighted by atomic mass is 10.1. The monoisotopic (exact) mass is 260 g/mol. The van der Waals surface area contributed by atoms with Crippen molar-refractivity contribution in [1.82, 2.24) is 4.57 Å². The van der Waals surface area contributed by atoms with Gasteiger partial charge in [-0.25, -0.2) is 0 Å². The Morgan fingerprint density at radius 3 is 2.44 bits per heavy atom. The Bertz CT molecular complexity index is 685. The zero-order valence-electron chi connectivity index (χ0n) is 10.4. The number of fused-ring (bicyclic) bond motifs is 3. The van der Waals surface area contributed by atoms with Gasteiger partial charge in [-0.3, -0.25) is 0 Å². The number of benzene rings is 2. The molecular formula is C15H17ClN2. The number of nitrogens with two attached hydrogens (primary N) is 1. The number of para-hydroxylation sites is 1. The molecule has 3 aromatic rings. The van der Waals surface area contributed by atoms with Crippen LogP contribution < -0.4 is 5.73 Å². The van der Waals surface area contributed by atoms with Crippen LogP contribution in [0.5, 0.6) is 0 Å². The fourth-order valence-corrected chi connectivity index (χ4v) is 2.57. The van der Waals surface area contributed by atoms with Crippen molar-refractivity contribution in [2.24, 2.45) is 5.73 Å². The molecule has 0 saturated heterocycles. The summed E-state index contributed by atoms with van der Waals surface area (Å²) in [6.45, 7) is 3.77. The van der Waals surface area contributed by atoms with Crippen LogP contribution in [0.15, 0.2) is 42.5 Å². The lowest BCUT2D eigenvalue weighted by Crippen LogP contribution is -1.96. The fraction of sp³-hybridized carbons (Fsp3) is 0.200. The zero-order chi connectivity index (χ0) is 11.8. The van der Waals surface area contributed by atoms with Crippen LogP contribution in [-0.2, 0) is 13.1 Å². The maximum atomic E-state index is 5.72. The Morgan fingerprint density at radius 1 is 1.00 bits per heavy atom. The van der Waals surface area contributed by atoms with Crippen LogP contribution in [-0.4, -0.2) is 4.57 Å². The van der Waals surface area contributed by atoms with Gasteiger partial charge in [0.1, 0.15) is 0 Å². The summed E-state index contributed by atoms with van der Waals surface area (Å²) in [7, 11) is 0. The molecule has 0 bridgehead atoms. The van der Waals surface area contributed by atoms with E-state index >= 15 is 0 Å². The molecule has 2 N–H and O–H groups in total. The largest absolute Gasteiger partial charge is 0.341 e. The van der Waals surface area contributed by atoms with Crippen molar-refractivity contribution in [2.75, 3.05) is 0 Å². The van der Waals surface area contributed by atoms with Crippen LogP contribution in [0, 0.1) is 0 Å². The number of aromatic nitrogens is 1. The summed E-state index contributed by atoms with van der Waals surface area (Å²) in [4.78, 5) is 0. The maximum absolute atomic E-state index is 5.72. The van der Waals surface area contributed by atoms with Gasteiger partial charge in [-0.2, -0.15) is 0 Å². The van der Waals surface area contributed by atoms with Crippen molar-refractivity contribution in [3.63, 3.8) is 0 Å². The van der Waals surface area contributed by atoms with Gasteiger partial charge in [0, 0.05) is 34.9 Å². The lowest BCUT2D eigenvalue weighted by Gasteiger charge is -2.03. The second-order valence-corrected chi connectivity index (χ2v) is 4.32. The molecule has 0 atom stereocenters. The van der Waals surface area contributed by atoms with Crippen LogP contribution in [0.2, 0.25) is 0 Å². The Kier molecular flexibility index (Phi) is 3.60. The van der Waals surface area contributed by atoms with E-state index in [9.17, 15) is 0 Å². The summed E-state index contributed by atoms with van der Waals surface area (Å²) in [6.07, 6.45) is 0. The first kappa shape index (κ1) is 12.9. The third-order valence-electron chi connectivity index (χ3n) is 3.39. The van der Waals surface area contributed by atoms with E-state index in [2.05, 4.69) is 54.0 Å². The van der Waals surface area contributed by atoms with Gasteiger partial charge >= 0.3 is 0 Å². The number of nitrogens with zero attached hydrogens (tertiary/aromatic N) is 1. The Labute approximate surface area is 113 Å². The molecule has 94 valence electrons. The predicted octanol–water partition coefficient (Wildman–Crippen LogP) is 3.69. The maximum Gasteiger partial charge on any atom is 0.0491 e. The first-order valence-electron chi connectivity index (χ1n) is 6.05. The van der Waals surface area contributed by atoms with E-state index in [4.69, 9.17) is 5.73 Å². The molecule has 0 amide bonds. The number of hydrogen-bond donors (Lipinski definition) is 1. The van der Waals surface area contributed by atoms with E-state index in [-0.39, 0.29) is 12.4 Å². The van der Waals surface area contributed by atoms with Gasteiger partial charge in [-0.15, -0.1) is 12.4 Å². The molecule has 0 aliphatic heterocycles. The van der Waals surface area contributed by atoms with Crippen LogP contribution in [0.3, 0.4) is 0 Å². The summed E-state index contributed by atoms with van der Waals surface area (Å²) >= 11 is 0. The van der Waals surface area contributed by atoms with Gasteiger partial charge in [0.2, 0.25) is 0 Å². The molecule has 0 aliphatic carbocycles. The van der Waals surface area contributed by atoms with Crippen LogP contribution in [0.25, 0.3) is 21.8 Å². The van der Waals surface area contributed by atoms with E-state index in [1.165, 1.54) is 27.4 Å². The molecule has 0 spiro atoms. The van der Waals surface area contributed by atoms with Gasteiger partial charge in [0.15, 0.2) is 0 Å². The molecule has 1 aromatic heterocycles. The minimum Gasteiger partial charge on any atom is -0.341 e. The zero-order valence-corrected chi connectivity index (χ0v) is 11.2. The van der Waals surface area contributed by atoms with Crippen LogP contribution >= 0.6 is 12.4 Å². The summed E-state index contributed by atoms with van der Waals surface area (Å²) in [6, 6.07) is 15.1. The van der Waals surface area contributed by atoms with Gasteiger partial charge in [0.25, 0.3) is 0 Å². The van der Waals surface area contributed by atoms with E-state index in [1.54, 1.807) is 0 Å². The lowest BCUT2D eigenvalue weighted by molar-refractivity contribution is 0.827. The number of hydrogen-bond acceptors (Lipinski definition) is 1. The van der Waals surface area contributed by atoms with Crippen molar-refractivity contribution in [3.8, 4) is 0 Å². The molecule has 0 fully saturated rings. The fourth-order valence-electron chi connectivity index (χ4n) is 2.57. The average molecular weight is 261 g/mol. The summed E-state index contributed by atoms with van der Waals surface area (Å²) < 4.78 is 2.35. The topological polar surface area (TPSA) is 30.9 Å². The highest BCUT2D eigenvalue weighted by molar-refractivity contribution is 6.08. The van der Waals surface area contributed by atoms with E-state index in [1.807, 2.05) is 0 Å². The second-order valence-electron chi connectivity index (χ2n) is 4.32. The highest BCUT2D eigenvalue weighted by Crippen LogP contribution is 2.29. The molecule has 2 nitrogen and oxygen atoms in total. The number of rotatable bonds is 2. The van der Waals surface area contributed by atoms with Gasteiger partial charge in [0.05, 0.1) is 0 Å². The molecule has 0 aliphatic rings. The normalized spacial score (nSPS) is 10.8. The van der Waals surface area contributed by atoms with E-state index in [0.717, 1.165) is 6.54 Å². The van der Waals surface area contributed by atoms with Crippen molar-refractivity contribution < 1.29 is 0 Å². The molecule has 1 heterocycles. The molecule has 0 unspecified atom stereocenters. The third-order valence-corrected chi connectivity index (χ3v) is 3.39. The highest BCUT2D eigenvalue weighted by Gasteiger charge is 2.08. The molecule has 0 radical (unpaired) electrons. The summed E-state index contributed by atoms with van der Waals surface area (Å²) in [5, 5.41) is 2.63. The number of halogens is 1. The smallest absolute Gasteiger partial charge is 0.0491 e. The van der Waals surface area contributed by atoms with Crippen molar-refractivity contribution >= 4 is 34.2 Å². The van der Waals surface area contributed by atoms with Gasteiger partial charge in [-0.1, -0.05) is 24.3 Å². The highest BCUT2D eigenvalue weighted by atomic mass is 35.5. The first-order valence-corrected chi connectivity index (χ1v) is 6.05. The second kappa shape index (κ2) is 5.01. The van der Waals surface area contributed by atoms with Gasteiger partial charge in [-0.05, 0) is 30.7 Å². The standard InChI is InChI=1S/C15H16N2.ClH/c1-2-17-14-6-4-3-5-12(14)13-9-11(10-16)7-8-15(13)17;/h3-9H,2,10,16H2,1H3;1H. The quantitative estimate of drug-likeness (QED) is 0.748. The predicted molar refractivity (Wildman–Crippen MR) is 80.3 cm³/mol. The van der Waals surface area contributed by atoms with Crippen LogP contribution in [0.1, 0.15) is 12.5 Å². The van der Waals surface area contributed by atoms with E-state index < -0.39 is 0 Å². The summed E-state index contributed by atoms with van der Waals surface area (Å²) in [5.41, 5.74) is 9.51. The molecule has 0 saturated carbocycles. The SMILES string of the molecule is CCn1c2ccccc2c2cc(CN)ccc21.Cl. The Balaban J connectivity index is 0.00000120. The third kappa shape index (κ3) is 1.78.